The Morgan fingerprint density at radius 2 is 1.96 bits per heavy atom. The molecule has 0 radical (unpaired) electrons. The minimum absolute atomic E-state index is 0.0566. The summed E-state index contributed by atoms with van der Waals surface area (Å²) in [6.07, 6.45) is 3.83. The van der Waals surface area contributed by atoms with Gasteiger partial charge >= 0.3 is 0 Å². The molecule has 0 saturated carbocycles. The molecule has 0 unspecified atom stereocenters. The van der Waals surface area contributed by atoms with Crippen molar-refractivity contribution in [1.29, 1.82) is 0 Å². The van der Waals surface area contributed by atoms with Crippen molar-refractivity contribution in [2.45, 2.75) is 64.1 Å². The molecule has 0 fully saturated rings. The van der Waals surface area contributed by atoms with Gasteiger partial charge in [-0.25, -0.2) is 0 Å². The summed E-state index contributed by atoms with van der Waals surface area (Å²) in [6, 6.07) is 7.86. The molecular formula is C20H31NO4. The third-order valence-corrected chi connectivity index (χ3v) is 4.71. The highest BCUT2D eigenvalue weighted by Gasteiger charge is 2.21. The number of nitrogens with zero attached hydrogens (tertiary/aromatic N) is 1. The normalized spacial score (nSPS) is 23.2. The van der Waals surface area contributed by atoms with Gasteiger partial charge in [0.15, 0.2) is 0 Å². The zero-order valence-corrected chi connectivity index (χ0v) is 15.2. The van der Waals surface area contributed by atoms with Gasteiger partial charge in [-0.2, -0.15) is 0 Å². The Bertz CT molecular complexity index is 534. The van der Waals surface area contributed by atoms with Crippen LogP contribution in [0.3, 0.4) is 0 Å². The van der Waals surface area contributed by atoms with E-state index in [9.17, 15) is 15.0 Å². The van der Waals surface area contributed by atoms with Gasteiger partial charge in [0.05, 0.1) is 6.10 Å². The number of benzene rings is 1. The molecule has 25 heavy (non-hydrogen) atoms. The quantitative estimate of drug-likeness (QED) is 0.861. The van der Waals surface area contributed by atoms with Crippen LogP contribution in [0.15, 0.2) is 24.3 Å². The van der Waals surface area contributed by atoms with Gasteiger partial charge in [-0.15, -0.1) is 0 Å². The minimum Gasteiger partial charge on any atom is -0.491 e. The summed E-state index contributed by atoms with van der Waals surface area (Å²) in [6.45, 7) is 3.25. The first kappa shape index (κ1) is 19.7. The first-order valence-corrected chi connectivity index (χ1v) is 9.46. The number of carbonyl (C=O) groups excluding carboxylic acids is 1. The topological polar surface area (TPSA) is 70.0 Å². The van der Waals surface area contributed by atoms with Crippen molar-refractivity contribution in [3.05, 3.63) is 29.8 Å². The molecule has 140 valence electrons. The molecule has 2 rings (SSSR count). The summed E-state index contributed by atoms with van der Waals surface area (Å²) in [5.41, 5.74) is 1.13. The SMILES string of the molecule is CCCC(=O)N1CCCCCc2ccccc2OC[C@@H](O)[C@@H](O)CC1. The number of aliphatic hydroxyl groups is 2. The lowest BCUT2D eigenvalue weighted by Crippen LogP contribution is -2.38. The molecule has 1 heterocycles. The molecule has 0 spiro atoms. The lowest BCUT2D eigenvalue weighted by Gasteiger charge is -2.26. The van der Waals surface area contributed by atoms with Crippen LogP contribution in [0.25, 0.3) is 0 Å². The fourth-order valence-corrected chi connectivity index (χ4v) is 3.15. The molecule has 1 aromatic carbocycles. The first-order valence-electron chi connectivity index (χ1n) is 9.46. The zero-order valence-electron chi connectivity index (χ0n) is 15.2. The zero-order chi connectivity index (χ0) is 18.1. The summed E-state index contributed by atoms with van der Waals surface area (Å²) in [5.74, 6) is 0.920. The van der Waals surface area contributed by atoms with E-state index in [0.717, 1.165) is 50.0 Å². The molecule has 1 aliphatic heterocycles. The van der Waals surface area contributed by atoms with Crippen molar-refractivity contribution in [2.24, 2.45) is 0 Å². The Kier molecular flexibility index (Phi) is 8.22. The predicted octanol–water partition coefficient (Wildman–Crippen LogP) is 2.53. The Balaban J connectivity index is 2.04. The van der Waals surface area contributed by atoms with Gasteiger partial charge in [0.2, 0.25) is 5.91 Å². The number of para-hydroxylation sites is 1. The van der Waals surface area contributed by atoms with Crippen LogP contribution < -0.4 is 4.74 Å². The van der Waals surface area contributed by atoms with Crippen molar-refractivity contribution >= 4 is 5.91 Å². The number of aliphatic hydroxyl groups excluding tert-OH is 2. The maximum absolute atomic E-state index is 12.2. The maximum atomic E-state index is 12.2. The molecule has 0 aliphatic carbocycles. The van der Waals surface area contributed by atoms with Crippen LogP contribution in [-0.4, -0.2) is 52.9 Å². The number of hydrogen-bond donors (Lipinski definition) is 2. The van der Waals surface area contributed by atoms with Crippen molar-refractivity contribution in [1.82, 2.24) is 4.90 Å². The van der Waals surface area contributed by atoms with Gasteiger partial charge in [0, 0.05) is 19.5 Å². The molecule has 5 heteroatoms. The molecule has 0 bridgehead atoms. The van der Waals surface area contributed by atoms with Gasteiger partial charge in [-0.3, -0.25) is 4.79 Å². The first-order chi connectivity index (χ1) is 12.1. The number of carbonyl (C=O) groups is 1. The average Bonchev–Trinajstić information content (AvgIpc) is 2.62. The van der Waals surface area contributed by atoms with E-state index in [1.807, 2.05) is 36.1 Å². The van der Waals surface area contributed by atoms with Gasteiger partial charge in [-0.1, -0.05) is 31.5 Å². The van der Waals surface area contributed by atoms with Crippen LogP contribution >= 0.6 is 0 Å². The highest BCUT2D eigenvalue weighted by molar-refractivity contribution is 5.76. The summed E-state index contributed by atoms with van der Waals surface area (Å²) in [7, 11) is 0. The Morgan fingerprint density at radius 1 is 1.16 bits per heavy atom. The number of ether oxygens (including phenoxy) is 1. The van der Waals surface area contributed by atoms with Crippen LogP contribution in [-0.2, 0) is 11.2 Å². The fourth-order valence-electron chi connectivity index (χ4n) is 3.15. The fraction of sp³-hybridized carbons (Fsp3) is 0.650. The second-order valence-electron chi connectivity index (χ2n) is 6.78. The van der Waals surface area contributed by atoms with E-state index in [4.69, 9.17) is 4.74 Å². The molecule has 2 N–H and O–H groups in total. The maximum Gasteiger partial charge on any atom is 0.222 e. The van der Waals surface area contributed by atoms with E-state index in [1.165, 1.54) is 0 Å². The minimum atomic E-state index is -0.959. The lowest BCUT2D eigenvalue weighted by atomic mass is 10.0. The average molecular weight is 349 g/mol. The lowest BCUT2D eigenvalue weighted by molar-refractivity contribution is -0.132. The Labute approximate surface area is 150 Å². The van der Waals surface area contributed by atoms with E-state index in [1.54, 1.807) is 0 Å². The van der Waals surface area contributed by atoms with Gasteiger partial charge in [0.1, 0.15) is 18.5 Å². The van der Waals surface area contributed by atoms with E-state index in [2.05, 4.69) is 0 Å². The summed E-state index contributed by atoms with van der Waals surface area (Å²) < 4.78 is 5.74. The molecule has 5 nitrogen and oxygen atoms in total. The number of amides is 1. The predicted molar refractivity (Wildman–Crippen MR) is 97.6 cm³/mol. The molecular weight excluding hydrogens is 318 g/mol. The van der Waals surface area contributed by atoms with Crippen LogP contribution in [0.5, 0.6) is 5.75 Å². The number of aryl methyl sites for hydroxylation is 1. The molecule has 1 amide bonds. The van der Waals surface area contributed by atoms with E-state index < -0.39 is 12.2 Å². The summed E-state index contributed by atoms with van der Waals surface area (Å²) in [4.78, 5) is 14.1. The number of fused-ring (bicyclic) bond motifs is 1. The Morgan fingerprint density at radius 3 is 2.76 bits per heavy atom. The number of rotatable bonds is 2. The summed E-state index contributed by atoms with van der Waals surface area (Å²) in [5, 5.41) is 20.4. The van der Waals surface area contributed by atoms with Crippen molar-refractivity contribution in [3.8, 4) is 5.75 Å². The van der Waals surface area contributed by atoms with Gasteiger partial charge < -0.3 is 19.8 Å². The van der Waals surface area contributed by atoms with Gasteiger partial charge in [-0.05, 0) is 43.7 Å². The monoisotopic (exact) mass is 349 g/mol. The smallest absolute Gasteiger partial charge is 0.222 e. The molecule has 1 aliphatic rings. The second kappa shape index (κ2) is 10.4. The molecule has 1 aromatic rings. The second-order valence-corrected chi connectivity index (χ2v) is 6.78. The van der Waals surface area contributed by atoms with Crippen molar-refractivity contribution < 1.29 is 19.7 Å². The Hall–Kier alpha value is -1.59. The van der Waals surface area contributed by atoms with Gasteiger partial charge in [0.25, 0.3) is 0 Å². The van der Waals surface area contributed by atoms with Crippen LogP contribution in [0.2, 0.25) is 0 Å². The van der Waals surface area contributed by atoms with E-state index in [0.29, 0.717) is 19.4 Å². The van der Waals surface area contributed by atoms with Crippen LogP contribution in [0.4, 0.5) is 0 Å². The third kappa shape index (κ3) is 6.33. The van der Waals surface area contributed by atoms with E-state index >= 15 is 0 Å². The standard InChI is InChI=1S/C20H31NO4/c1-2-8-20(24)21-13-7-3-4-9-16-10-5-6-11-19(16)25-15-18(23)17(22)12-14-21/h5-6,10-11,17-18,22-23H,2-4,7-9,12-15H2,1H3/t17-,18+/m0/s1. The van der Waals surface area contributed by atoms with E-state index in [-0.39, 0.29) is 12.5 Å². The molecule has 2 atom stereocenters. The summed E-state index contributed by atoms with van der Waals surface area (Å²) >= 11 is 0. The van der Waals surface area contributed by atoms with Crippen molar-refractivity contribution in [2.75, 3.05) is 19.7 Å². The van der Waals surface area contributed by atoms with Crippen molar-refractivity contribution in [3.63, 3.8) is 0 Å². The third-order valence-electron chi connectivity index (χ3n) is 4.71. The number of hydrogen-bond acceptors (Lipinski definition) is 4. The van der Waals surface area contributed by atoms with Crippen LogP contribution in [0, 0.1) is 0 Å². The largest absolute Gasteiger partial charge is 0.491 e. The molecule has 0 saturated heterocycles. The molecule has 0 aromatic heterocycles. The van der Waals surface area contributed by atoms with Crippen LogP contribution in [0.1, 0.15) is 51.0 Å². The highest BCUT2D eigenvalue weighted by atomic mass is 16.5. The highest BCUT2D eigenvalue weighted by Crippen LogP contribution is 2.21.